The van der Waals surface area contributed by atoms with Gasteiger partial charge in [-0.2, -0.15) is 26.3 Å². The number of nitrogens with one attached hydrogen (secondary N) is 1. The molecule has 0 radical (unpaired) electrons. The Morgan fingerprint density at radius 2 is 1.53 bits per heavy atom. The number of carbonyl (C=O) groups excluding carboxylic acids is 1. The number of nitrogens with zero attached hydrogens (tertiary/aromatic N) is 2. The summed E-state index contributed by atoms with van der Waals surface area (Å²) in [7, 11) is 1.64. The largest absolute Gasteiger partial charge is 0.497 e. The first kappa shape index (κ1) is 38.4. The second kappa shape index (κ2) is 17.4. The first-order chi connectivity index (χ1) is 23.1. The van der Waals surface area contributed by atoms with Gasteiger partial charge >= 0.3 is 24.3 Å². The third-order valence-corrected chi connectivity index (χ3v) is 7.15. The van der Waals surface area contributed by atoms with E-state index in [1.54, 1.807) is 19.5 Å². The van der Waals surface area contributed by atoms with E-state index in [0.717, 1.165) is 47.8 Å². The number of alkyl halides is 6. The number of methoxy groups -OCH3 is 1. The summed E-state index contributed by atoms with van der Waals surface area (Å²) < 4.78 is 80.9. The number of benzene rings is 2. The molecule has 5 rings (SSSR count). The second-order valence-corrected chi connectivity index (χ2v) is 10.6. The van der Waals surface area contributed by atoms with E-state index < -0.39 is 24.3 Å². The van der Waals surface area contributed by atoms with Gasteiger partial charge in [0.15, 0.2) is 0 Å². The summed E-state index contributed by atoms with van der Waals surface area (Å²) >= 11 is 0. The lowest BCUT2D eigenvalue weighted by atomic mass is 9.95. The second-order valence-electron chi connectivity index (χ2n) is 10.6. The molecule has 0 aliphatic carbocycles. The Bertz CT molecular complexity index is 1540. The summed E-state index contributed by atoms with van der Waals surface area (Å²) in [5, 5.41) is 17.3. The predicted octanol–water partition coefficient (Wildman–Crippen LogP) is 5.69. The van der Waals surface area contributed by atoms with Crippen molar-refractivity contribution in [2.24, 2.45) is 5.92 Å². The average Bonchev–Trinajstić information content (AvgIpc) is 3.58. The highest BCUT2D eigenvalue weighted by Gasteiger charge is 2.39. The summed E-state index contributed by atoms with van der Waals surface area (Å²) in [6.07, 6.45) is -3.53. The number of carboxylic acid groups (broad SMARTS) is 2. The third kappa shape index (κ3) is 12.2. The van der Waals surface area contributed by atoms with Crippen LogP contribution in [-0.4, -0.2) is 90.3 Å². The van der Waals surface area contributed by atoms with Crippen LogP contribution in [0.2, 0.25) is 0 Å². The fraction of sp³-hybridized carbons (Fsp3) is 0.375. The van der Waals surface area contributed by atoms with Crippen LogP contribution in [0.25, 0.3) is 11.1 Å². The van der Waals surface area contributed by atoms with Crippen molar-refractivity contribution in [1.29, 1.82) is 0 Å². The maximum atomic E-state index is 13.2. The van der Waals surface area contributed by atoms with Crippen molar-refractivity contribution >= 4 is 23.5 Å². The highest BCUT2D eigenvalue weighted by atomic mass is 19.4. The average molecular weight is 702 g/mol. The van der Waals surface area contributed by atoms with Gasteiger partial charge in [-0.25, -0.2) is 9.59 Å². The van der Waals surface area contributed by atoms with Crippen molar-refractivity contribution in [3.63, 3.8) is 0 Å². The lowest BCUT2D eigenvalue weighted by molar-refractivity contribution is -0.193. The van der Waals surface area contributed by atoms with Crippen molar-refractivity contribution in [2.45, 2.75) is 31.6 Å². The minimum atomic E-state index is -5.08. The maximum Gasteiger partial charge on any atom is 0.490 e. The van der Waals surface area contributed by atoms with Crippen LogP contribution in [0.15, 0.2) is 60.9 Å². The van der Waals surface area contributed by atoms with E-state index >= 15 is 0 Å². The molecule has 11 nitrogen and oxygen atoms in total. The Morgan fingerprint density at radius 1 is 0.918 bits per heavy atom. The number of carboxylic acids is 2. The molecule has 2 aromatic carbocycles. The highest BCUT2D eigenvalue weighted by Crippen LogP contribution is 2.34. The van der Waals surface area contributed by atoms with Crippen LogP contribution in [0.5, 0.6) is 17.2 Å². The number of amides is 1. The molecular formula is C32H33F6N3O8. The molecule has 1 fully saturated rings. The number of ether oxygens (including phenoxy) is 3. The fourth-order valence-electron chi connectivity index (χ4n) is 4.66. The van der Waals surface area contributed by atoms with E-state index in [1.807, 2.05) is 48.5 Å². The minimum Gasteiger partial charge on any atom is -0.497 e. The molecule has 3 heterocycles. The van der Waals surface area contributed by atoms with Gasteiger partial charge in [0.05, 0.1) is 18.7 Å². The third-order valence-electron chi connectivity index (χ3n) is 7.15. The number of anilines is 1. The van der Waals surface area contributed by atoms with Crippen LogP contribution < -0.4 is 19.5 Å². The zero-order valence-electron chi connectivity index (χ0n) is 26.0. The van der Waals surface area contributed by atoms with Gasteiger partial charge in [-0.1, -0.05) is 6.07 Å². The Morgan fingerprint density at radius 3 is 2.10 bits per heavy atom. The number of aromatic nitrogens is 1. The Hall–Kier alpha value is -5.06. The monoisotopic (exact) mass is 701 g/mol. The van der Waals surface area contributed by atoms with Gasteiger partial charge in [0, 0.05) is 18.9 Å². The van der Waals surface area contributed by atoms with Gasteiger partial charge in [0.25, 0.3) is 0 Å². The van der Waals surface area contributed by atoms with Crippen LogP contribution in [0.1, 0.15) is 18.4 Å². The zero-order chi connectivity index (χ0) is 36.2. The van der Waals surface area contributed by atoms with Crippen LogP contribution >= 0.6 is 0 Å². The molecule has 0 bridgehead atoms. The van der Waals surface area contributed by atoms with Crippen molar-refractivity contribution in [1.82, 2.24) is 9.88 Å². The SMILES string of the molecule is COc1ccc2c(c1)CC(C(=O)Nc1ccc(-c3ccncc3)cc1OCCN1CCCC1)CO2.O=C(O)C(F)(F)F.O=C(O)C(F)(F)F. The van der Waals surface area contributed by atoms with Gasteiger partial charge in [0.2, 0.25) is 5.91 Å². The number of halogens is 6. The standard InChI is InChI=1S/C28H31N3O4.2C2HF3O2/c1-33-24-5-7-26-22(17-24)16-23(19-35-26)28(32)30-25-6-4-21(20-8-10-29-11-9-20)18-27(25)34-15-14-31-12-2-3-13-31;2*3-2(4,5)1(6)7/h4-11,17-18,23H,2-3,12-16,19H2,1H3,(H,30,32);2*(H,6,7). The molecule has 1 atom stereocenters. The van der Waals surface area contributed by atoms with Gasteiger partial charge in [-0.15, -0.1) is 0 Å². The summed E-state index contributed by atoms with van der Waals surface area (Å²) in [5.41, 5.74) is 3.72. The predicted molar refractivity (Wildman–Crippen MR) is 163 cm³/mol. The summed E-state index contributed by atoms with van der Waals surface area (Å²) in [4.78, 5) is 37.5. The molecule has 17 heteroatoms. The molecule has 0 spiro atoms. The Labute approximate surface area is 276 Å². The molecule has 1 unspecified atom stereocenters. The number of pyridine rings is 1. The molecule has 2 aliphatic heterocycles. The number of likely N-dealkylation sites (tertiary alicyclic amines) is 1. The number of rotatable bonds is 8. The fourth-order valence-corrected chi connectivity index (χ4v) is 4.66. The molecule has 1 amide bonds. The van der Waals surface area contributed by atoms with E-state index in [9.17, 15) is 31.1 Å². The number of aliphatic carboxylic acids is 2. The van der Waals surface area contributed by atoms with E-state index in [1.165, 1.54) is 12.8 Å². The normalized spacial score (nSPS) is 15.6. The van der Waals surface area contributed by atoms with Crippen LogP contribution in [0.4, 0.5) is 32.0 Å². The van der Waals surface area contributed by atoms with Crippen molar-refractivity contribution < 1.29 is 65.1 Å². The van der Waals surface area contributed by atoms with E-state index in [2.05, 4.69) is 15.2 Å². The lowest BCUT2D eigenvalue weighted by Gasteiger charge is -2.25. The maximum absolute atomic E-state index is 13.2. The molecule has 1 aromatic heterocycles. The van der Waals surface area contributed by atoms with Crippen molar-refractivity contribution in [3.8, 4) is 28.4 Å². The molecular weight excluding hydrogens is 668 g/mol. The summed E-state index contributed by atoms with van der Waals surface area (Å²) in [5.74, 6) is -3.66. The Kier molecular flexibility index (Phi) is 13.6. The topological polar surface area (TPSA) is 148 Å². The highest BCUT2D eigenvalue weighted by molar-refractivity contribution is 5.95. The number of fused-ring (bicyclic) bond motifs is 1. The molecule has 3 N–H and O–H groups in total. The Balaban J connectivity index is 0.000000392. The first-order valence-electron chi connectivity index (χ1n) is 14.7. The van der Waals surface area contributed by atoms with Gasteiger partial charge in [-0.3, -0.25) is 14.7 Å². The van der Waals surface area contributed by atoms with E-state index in [0.29, 0.717) is 31.1 Å². The molecule has 49 heavy (non-hydrogen) atoms. The molecule has 0 saturated carbocycles. The number of hydrogen-bond donors (Lipinski definition) is 3. The van der Waals surface area contributed by atoms with Crippen LogP contribution in [-0.2, 0) is 20.8 Å². The summed E-state index contributed by atoms with van der Waals surface area (Å²) in [6.45, 7) is 4.03. The quantitative estimate of drug-likeness (QED) is 0.251. The molecule has 3 aromatic rings. The molecule has 1 saturated heterocycles. The van der Waals surface area contributed by atoms with Crippen molar-refractivity contribution in [2.75, 3.05) is 45.3 Å². The van der Waals surface area contributed by atoms with Gasteiger partial charge in [-0.05, 0) is 91.5 Å². The molecule has 2 aliphatic rings. The minimum absolute atomic E-state index is 0.0838. The van der Waals surface area contributed by atoms with Crippen molar-refractivity contribution in [3.05, 3.63) is 66.5 Å². The van der Waals surface area contributed by atoms with E-state index in [4.69, 9.17) is 34.0 Å². The van der Waals surface area contributed by atoms with Crippen LogP contribution in [0.3, 0.4) is 0 Å². The van der Waals surface area contributed by atoms with Crippen LogP contribution in [0, 0.1) is 5.92 Å². The number of hydrogen-bond acceptors (Lipinski definition) is 8. The first-order valence-corrected chi connectivity index (χ1v) is 14.7. The lowest BCUT2D eigenvalue weighted by Crippen LogP contribution is -2.32. The van der Waals surface area contributed by atoms with E-state index in [-0.39, 0.29) is 11.8 Å². The van der Waals surface area contributed by atoms with Gasteiger partial charge < -0.3 is 29.7 Å². The zero-order valence-corrected chi connectivity index (χ0v) is 26.0. The summed E-state index contributed by atoms with van der Waals surface area (Å²) in [6, 6.07) is 15.5. The smallest absolute Gasteiger partial charge is 0.490 e. The van der Waals surface area contributed by atoms with Gasteiger partial charge in [0.1, 0.15) is 30.5 Å². The molecule has 266 valence electrons. The number of carbonyl (C=O) groups is 3.